The molecule has 0 radical (unpaired) electrons. The maximum atomic E-state index is 5.15. The third kappa shape index (κ3) is 5.43. The molecular formula is C4H12N3+. The van der Waals surface area contributed by atoms with Crippen LogP contribution in [0.15, 0.2) is 0 Å². The molecule has 42 valence electrons. The van der Waals surface area contributed by atoms with Crippen LogP contribution < -0.4 is 16.9 Å². The smallest absolute Gasteiger partial charge is 0.238 e. The highest BCUT2D eigenvalue weighted by atomic mass is 14.7. The van der Waals surface area contributed by atoms with Crippen LogP contribution in [0.1, 0.15) is 12.8 Å². The van der Waals surface area contributed by atoms with Gasteiger partial charge in [0.2, 0.25) is 5.84 Å². The van der Waals surface area contributed by atoms with E-state index in [1.165, 1.54) is 0 Å². The van der Waals surface area contributed by atoms with E-state index in [4.69, 9.17) is 16.9 Å². The summed E-state index contributed by atoms with van der Waals surface area (Å²) >= 11 is 0. The molecule has 0 atom stereocenters. The van der Waals surface area contributed by atoms with Crippen molar-refractivity contribution < 1.29 is 5.41 Å². The van der Waals surface area contributed by atoms with Crippen LogP contribution in [-0.4, -0.2) is 12.4 Å². The van der Waals surface area contributed by atoms with Crippen molar-refractivity contribution in [1.29, 1.82) is 0 Å². The van der Waals surface area contributed by atoms with E-state index in [0.29, 0.717) is 12.4 Å². The maximum absolute atomic E-state index is 5.15. The van der Waals surface area contributed by atoms with E-state index >= 15 is 0 Å². The second-order valence-electron chi connectivity index (χ2n) is 1.47. The van der Waals surface area contributed by atoms with E-state index in [1.807, 2.05) is 0 Å². The summed E-state index contributed by atoms with van der Waals surface area (Å²) in [5.41, 5.74) is 10.3. The van der Waals surface area contributed by atoms with E-state index in [0.717, 1.165) is 12.8 Å². The minimum atomic E-state index is 0.477. The molecule has 0 spiro atoms. The first kappa shape index (κ1) is 6.43. The van der Waals surface area contributed by atoms with Gasteiger partial charge in [-0.25, -0.2) is 0 Å². The average Bonchev–Trinajstić information content (AvgIpc) is 1.61. The van der Waals surface area contributed by atoms with Gasteiger partial charge in [0.25, 0.3) is 0 Å². The van der Waals surface area contributed by atoms with Crippen LogP contribution in [0.2, 0.25) is 0 Å². The van der Waals surface area contributed by atoms with Crippen molar-refractivity contribution in [2.75, 3.05) is 6.54 Å². The first-order valence-corrected chi connectivity index (χ1v) is 2.34. The Kier molecular flexibility index (Phi) is 3.32. The Morgan fingerprint density at radius 3 is 2.29 bits per heavy atom. The Bertz CT molecular complexity index is 60.0. The molecule has 7 heavy (non-hydrogen) atoms. The zero-order chi connectivity index (χ0) is 5.70. The number of hydrogen-bond acceptors (Lipinski definition) is 1. The largest absolute Gasteiger partial charge is 0.330 e. The highest BCUT2D eigenvalue weighted by Gasteiger charge is 1.90. The molecule has 0 amide bonds. The Morgan fingerprint density at radius 2 is 2.14 bits per heavy atom. The molecule has 0 rings (SSSR count). The van der Waals surface area contributed by atoms with Crippen molar-refractivity contribution in [3.63, 3.8) is 0 Å². The Labute approximate surface area is 43.2 Å². The lowest BCUT2D eigenvalue weighted by molar-refractivity contribution is -0.118. The van der Waals surface area contributed by atoms with Crippen molar-refractivity contribution in [1.82, 2.24) is 0 Å². The fourth-order valence-electron chi connectivity index (χ4n) is 0.306. The first-order chi connectivity index (χ1) is 3.27. The molecular weight excluding hydrogens is 90.1 g/mol. The minimum absolute atomic E-state index is 0.477. The predicted molar refractivity (Wildman–Crippen MR) is 29.4 cm³/mol. The van der Waals surface area contributed by atoms with Gasteiger partial charge in [-0.15, -0.1) is 0 Å². The summed E-state index contributed by atoms with van der Waals surface area (Å²) in [5, 5.41) is 5.12. The van der Waals surface area contributed by atoms with Crippen molar-refractivity contribution in [3.05, 3.63) is 0 Å². The number of hydrogen-bond donors (Lipinski definition) is 3. The SMILES string of the molecule is NCCCC(N)=[NH2+]. The van der Waals surface area contributed by atoms with E-state index in [2.05, 4.69) is 0 Å². The minimum Gasteiger partial charge on any atom is -0.330 e. The Hall–Kier alpha value is -0.570. The van der Waals surface area contributed by atoms with Crippen molar-refractivity contribution in [3.8, 4) is 0 Å². The lowest BCUT2D eigenvalue weighted by Crippen LogP contribution is -2.45. The summed E-state index contributed by atoms with van der Waals surface area (Å²) in [4.78, 5) is 0. The van der Waals surface area contributed by atoms with Crippen LogP contribution in [0.25, 0.3) is 0 Å². The van der Waals surface area contributed by atoms with Gasteiger partial charge in [-0.05, 0) is 13.0 Å². The zero-order valence-corrected chi connectivity index (χ0v) is 4.35. The highest BCUT2D eigenvalue weighted by Crippen LogP contribution is 1.78. The van der Waals surface area contributed by atoms with Gasteiger partial charge < -0.3 is 5.73 Å². The molecule has 0 fully saturated rings. The zero-order valence-electron chi connectivity index (χ0n) is 4.35. The van der Waals surface area contributed by atoms with Gasteiger partial charge in [-0.2, -0.15) is 0 Å². The average molecular weight is 102 g/mol. The Balaban J connectivity index is 2.82. The molecule has 0 heterocycles. The molecule has 0 bridgehead atoms. The van der Waals surface area contributed by atoms with Crippen molar-refractivity contribution in [2.24, 2.45) is 11.5 Å². The second-order valence-corrected chi connectivity index (χ2v) is 1.47. The van der Waals surface area contributed by atoms with Crippen molar-refractivity contribution >= 4 is 5.84 Å². The monoisotopic (exact) mass is 102 g/mol. The molecule has 0 aliphatic carbocycles. The standard InChI is InChI=1S/C4H11N3/c5-3-1-2-4(6)7/h1-3,5H2,(H3,6,7)/p+1. The summed E-state index contributed by atoms with van der Waals surface area (Å²) in [6.07, 6.45) is 1.64. The van der Waals surface area contributed by atoms with Gasteiger partial charge in [-0.1, -0.05) is 0 Å². The molecule has 0 aliphatic heterocycles. The normalized spacial score (nSPS) is 8.71. The molecule has 6 N–H and O–H groups in total. The fraction of sp³-hybridized carbons (Fsp3) is 0.750. The van der Waals surface area contributed by atoms with Crippen LogP contribution >= 0.6 is 0 Å². The van der Waals surface area contributed by atoms with Gasteiger partial charge in [-0.3, -0.25) is 11.1 Å². The van der Waals surface area contributed by atoms with E-state index < -0.39 is 0 Å². The van der Waals surface area contributed by atoms with Gasteiger partial charge >= 0.3 is 0 Å². The summed E-state index contributed by atoms with van der Waals surface area (Å²) in [7, 11) is 0. The maximum Gasteiger partial charge on any atom is 0.238 e. The molecule has 3 heteroatoms. The summed E-state index contributed by atoms with van der Waals surface area (Å²) in [6, 6.07) is 0. The lowest BCUT2D eigenvalue weighted by atomic mass is 10.3. The van der Waals surface area contributed by atoms with E-state index in [-0.39, 0.29) is 0 Å². The van der Waals surface area contributed by atoms with Crippen LogP contribution in [-0.2, 0) is 0 Å². The number of nitrogens with two attached hydrogens (primary N) is 3. The van der Waals surface area contributed by atoms with Gasteiger partial charge in [0.15, 0.2) is 0 Å². The molecule has 0 saturated carbocycles. The molecule has 0 saturated heterocycles. The molecule has 0 aliphatic rings. The van der Waals surface area contributed by atoms with Crippen LogP contribution in [0.4, 0.5) is 0 Å². The molecule has 3 nitrogen and oxygen atoms in total. The highest BCUT2D eigenvalue weighted by molar-refractivity contribution is 5.73. The third-order valence-electron chi connectivity index (χ3n) is 0.670. The first-order valence-electron chi connectivity index (χ1n) is 2.34. The van der Waals surface area contributed by atoms with Gasteiger partial charge in [0.05, 0.1) is 0 Å². The molecule has 0 aromatic carbocycles. The predicted octanol–water partition coefficient (Wildman–Crippen LogP) is -2.16. The summed E-state index contributed by atoms with van der Waals surface area (Å²) < 4.78 is 0. The van der Waals surface area contributed by atoms with Crippen molar-refractivity contribution in [2.45, 2.75) is 12.8 Å². The third-order valence-corrected chi connectivity index (χ3v) is 0.670. The van der Waals surface area contributed by atoms with Gasteiger partial charge in [0, 0.05) is 6.42 Å². The van der Waals surface area contributed by atoms with Crippen LogP contribution in [0.3, 0.4) is 0 Å². The molecule has 0 aromatic heterocycles. The summed E-state index contributed by atoms with van der Waals surface area (Å²) in [6.45, 7) is 0.665. The fourth-order valence-corrected chi connectivity index (χ4v) is 0.306. The second kappa shape index (κ2) is 3.61. The topological polar surface area (TPSA) is 77.6 Å². The van der Waals surface area contributed by atoms with E-state index in [1.54, 1.807) is 0 Å². The number of amidine groups is 1. The van der Waals surface area contributed by atoms with E-state index in [9.17, 15) is 0 Å². The quantitative estimate of drug-likeness (QED) is 0.280. The lowest BCUT2D eigenvalue weighted by Gasteiger charge is -1.85. The molecule has 0 aromatic rings. The van der Waals surface area contributed by atoms with Crippen LogP contribution in [0.5, 0.6) is 0 Å². The number of rotatable bonds is 3. The Morgan fingerprint density at radius 1 is 1.57 bits per heavy atom. The van der Waals surface area contributed by atoms with Crippen LogP contribution in [0, 0.1) is 0 Å². The van der Waals surface area contributed by atoms with Gasteiger partial charge in [0.1, 0.15) is 0 Å². The molecule has 0 unspecified atom stereocenters. The summed E-state index contributed by atoms with van der Waals surface area (Å²) in [5.74, 6) is 0.477.